The van der Waals surface area contributed by atoms with E-state index in [9.17, 15) is 13.5 Å². The molecule has 31 heavy (non-hydrogen) atoms. The molecule has 0 saturated carbocycles. The Hall–Kier alpha value is -2.45. The number of aliphatic hydroxyl groups excluding tert-OH is 1. The standard InChI is InChI=1S/C24H27NO5S/c1-31(27,28)24-8-5-18(6-9-24)19-2-3-21-15-23(7-4-20(21)14-19)30-17-22(26)16-25-10-12-29-13-11-25/h2-9,14-15,22,26H,10-13,16-17H2,1H3. The number of rotatable bonds is 7. The largest absolute Gasteiger partial charge is 0.491 e. The molecule has 4 rings (SSSR count). The number of ether oxygens (including phenoxy) is 2. The third-order valence-electron chi connectivity index (χ3n) is 5.44. The zero-order valence-corrected chi connectivity index (χ0v) is 18.3. The summed E-state index contributed by atoms with van der Waals surface area (Å²) in [6.45, 7) is 3.93. The van der Waals surface area contributed by atoms with Gasteiger partial charge < -0.3 is 14.6 Å². The molecule has 0 amide bonds. The van der Waals surface area contributed by atoms with Gasteiger partial charge in [-0.2, -0.15) is 0 Å². The van der Waals surface area contributed by atoms with Crippen LogP contribution in [0.2, 0.25) is 0 Å². The van der Waals surface area contributed by atoms with E-state index in [0.29, 0.717) is 24.7 Å². The molecular weight excluding hydrogens is 414 g/mol. The average molecular weight is 442 g/mol. The Morgan fingerprint density at radius 3 is 2.32 bits per heavy atom. The van der Waals surface area contributed by atoms with E-state index in [1.54, 1.807) is 12.1 Å². The molecule has 1 aliphatic rings. The highest BCUT2D eigenvalue weighted by Gasteiger charge is 2.15. The Kier molecular flexibility index (Phi) is 6.57. The molecule has 3 aromatic carbocycles. The van der Waals surface area contributed by atoms with Crippen LogP contribution in [0.15, 0.2) is 65.6 Å². The van der Waals surface area contributed by atoms with Crippen LogP contribution in [0.5, 0.6) is 5.75 Å². The van der Waals surface area contributed by atoms with Crippen LogP contribution in [0, 0.1) is 0 Å². The van der Waals surface area contributed by atoms with Gasteiger partial charge in [0.15, 0.2) is 9.84 Å². The van der Waals surface area contributed by atoms with E-state index in [1.807, 2.05) is 42.5 Å². The van der Waals surface area contributed by atoms with Crippen molar-refractivity contribution in [1.29, 1.82) is 0 Å². The Morgan fingerprint density at radius 2 is 1.61 bits per heavy atom. The van der Waals surface area contributed by atoms with Gasteiger partial charge in [0.25, 0.3) is 0 Å². The van der Waals surface area contributed by atoms with E-state index in [0.717, 1.165) is 40.7 Å². The van der Waals surface area contributed by atoms with Crippen molar-refractivity contribution in [2.45, 2.75) is 11.0 Å². The molecule has 1 saturated heterocycles. The maximum absolute atomic E-state index is 11.6. The minimum absolute atomic E-state index is 0.244. The van der Waals surface area contributed by atoms with Gasteiger partial charge in [0.05, 0.1) is 18.1 Å². The summed E-state index contributed by atoms with van der Waals surface area (Å²) in [4.78, 5) is 2.50. The second-order valence-electron chi connectivity index (χ2n) is 7.90. The second kappa shape index (κ2) is 9.36. The molecule has 0 aromatic heterocycles. The number of fused-ring (bicyclic) bond motifs is 1. The molecule has 1 unspecified atom stereocenters. The summed E-state index contributed by atoms with van der Waals surface area (Å²) in [6.07, 6.45) is 0.658. The smallest absolute Gasteiger partial charge is 0.175 e. The summed E-state index contributed by atoms with van der Waals surface area (Å²) in [5, 5.41) is 12.4. The molecule has 6 nitrogen and oxygen atoms in total. The number of β-amino-alcohol motifs (C(OH)–C–C–N with tert-alkyl or cyclic N) is 1. The van der Waals surface area contributed by atoms with Gasteiger partial charge in [-0.3, -0.25) is 4.90 Å². The number of aliphatic hydroxyl groups is 1. The van der Waals surface area contributed by atoms with Crippen LogP contribution >= 0.6 is 0 Å². The minimum atomic E-state index is -3.20. The Bertz CT molecular complexity index is 1140. The third kappa shape index (κ3) is 5.62. The van der Waals surface area contributed by atoms with Gasteiger partial charge in [0, 0.05) is 25.9 Å². The first-order chi connectivity index (χ1) is 14.9. The number of hydrogen-bond acceptors (Lipinski definition) is 6. The molecule has 1 atom stereocenters. The predicted molar refractivity (Wildman–Crippen MR) is 121 cm³/mol. The van der Waals surface area contributed by atoms with Gasteiger partial charge in [-0.05, 0) is 52.2 Å². The van der Waals surface area contributed by atoms with Crippen molar-refractivity contribution in [1.82, 2.24) is 4.90 Å². The van der Waals surface area contributed by atoms with Gasteiger partial charge in [0.1, 0.15) is 18.5 Å². The molecule has 1 fully saturated rings. The topological polar surface area (TPSA) is 76.1 Å². The molecule has 1 N–H and O–H groups in total. The van der Waals surface area contributed by atoms with Gasteiger partial charge in [0.2, 0.25) is 0 Å². The molecule has 3 aromatic rings. The van der Waals surface area contributed by atoms with Gasteiger partial charge in [-0.15, -0.1) is 0 Å². The van der Waals surface area contributed by atoms with Crippen molar-refractivity contribution in [2.75, 3.05) is 45.7 Å². The molecular formula is C24H27NO5S. The fourth-order valence-corrected chi connectivity index (χ4v) is 4.35. The predicted octanol–water partition coefficient (Wildman–Crippen LogP) is 2.98. The highest BCUT2D eigenvalue weighted by Crippen LogP contribution is 2.28. The highest BCUT2D eigenvalue weighted by atomic mass is 32.2. The van der Waals surface area contributed by atoms with Crippen LogP contribution in [0.3, 0.4) is 0 Å². The van der Waals surface area contributed by atoms with Crippen molar-refractivity contribution in [2.24, 2.45) is 0 Å². The molecule has 0 bridgehead atoms. The summed E-state index contributed by atoms with van der Waals surface area (Å²) in [5.74, 6) is 0.721. The fourth-order valence-electron chi connectivity index (χ4n) is 3.71. The second-order valence-corrected chi connectivity index (χ2v) is 9.91. The van der Waals surface area contributed by atoms with Crippen molar-refractivity contribution in [3.05, 3.63) is 60.7 Å². The number of sulfone groups is 1. The summed E-state index contributed by atoms with van der Waals surface area (Å²) < 4.78 is 34.4. The molecule has 1 heterocycles. The van der Waals surface area contributed by atoms with Crippen molar-refractivity contribution in [3.8, 4) is 16.9 Å². The zero-order valence-electron chi connectivity index (χ0n) is 17.5. The Labute approximate surface area is 182 Å². The first-order valence-corrected chi connectivity index (χ1v) is 12.2. The quantitative estimate of drug-likeness (QED) is 0.608. The lowest BCUT2D eigenvalue weighted by molar-refractivity contribution is 0.00467. The molecule has 1 aliphatic heterocycles. The lowest BCUT2D eigenvalue weighted by Gasteiger charge is -2.28. The summed E-state index contributed by atoms with van der Waals surface area (Å²) in [6, 6.07) is 18.9. The summed E-state index contributed by atoms with van der Waals surface area (Å²) >= 11 is 0. The molecule has 164 valence electrons. The van der Waals surface area contributed by atoms with Crippen LogP contribution in [0.1, 0.15) is 0 Å². The number of hydrogen-bond donors (Lipinski definition) is 1. The summed E-state index contributed by atoms with van der Waals surface area (Å²) in [5.41, 5.74) is 1.98. The van der Waals surface area contributed by atoms with Gasteiger partial charge >= 0.3 is 0 Å². The van der Waals surface area contributed by atoms with E-state index in [1.165, 1.54) is 6.26 Å². The van der Waals surface area contributed by atoms with E-state index < -0.39 is 15.9 Å². The summed E-state index contributed by atoms with van der Waals surface area (Å²) in [7, 11) is -3.20. The van der Waals surface area contributed by atoms with Gasteiger partial charge in [-0.25, -0.2) is 8.42 Å². The monoisotopic (exact) mass is 441 g/mol. The van der Waals surface area contributed by atoms with Crippen LogP contribution in [0.4, 0.5) is 0 Å². The van der Waals surface area contributed by atoms with Crippen LogP contribution in [0.25, 0.3) is 21.9 Å². The number of benzene rings is 3. The van der Waals surface area contributed by atoms with Gasteiger partial charge in [-0.1, -0.05) is 30.3 Å². The van der Waals surface area contributed by atoms with Crippen LogP contribution in [-0.4, -0.2) is 70.2 Å². The van der Waals surface area contributed by atoms with Crippen molar-refractivity contribution in [3.63, 3.8) is 0 Å². The van der Waals surface area contributed by atoms with E-state index in [-0.39, 0.29) is 6.61 Å². The maximum Gasteiger partial charge on any atom is 0.175 e. The highest BCUT2D eigenvalue weighted by molar-refractivity contribution is 7.90. The minimum Gasteiger partial charge on any atom is -0.491 e. The Balaban J connectivity index is 1.42. The lowest BCUT2D eigenvalue weighted by atomic mass is 10.0. The van der Waals surface area contributed by atoms with Crippen molar-refractivity contribution >= 4 is 20.6 Å². The van der Waals surface area contributed by atoms with E-state index in [2.05, 4.69) is 11.0 Å². The van der Waals surface area contributed by atoms with Crippen molar-refractivity contribution < 1.29 is 23.0 Å². The lowest BCUT2D eigenvalue weighted by Crippen LogP contribution is -2.42. The maximum atomic E-state index is 11.6. The molecule has 7 heteroatoms. The first-order valence-electron chi connectivity index (χ1n) is 10.3. The first kappa shape index (κ1) is 21.8. The molecule has 0 spiro atoms. The normalized spacial score (nSPS) is 16.3. The van der Waals surface area contributed by atoms with Crippen LogP contribution in [-0.2, 0) is 14.6 Å². The number of morpholine rings is 1. The fraction of sp³-hybridized carbons (Fsp3) is 0.333. The molecule has 0 radical (unpaired) electrons. The zero-order chi connectivity index (χ0) is 21.8. The third-order valence-corrected chi connectivity index (χ3v) is 6.57. The Morgan fingerprint density at radius 1 is 0.968 bits per heavy atom. The number of nitrogens with zero attached hydrogens (tertiary/aromatic N) is 1. The SMILES string of the molecule is CS(=O)(=O)c1ccc(-c2ccc3cc(OCC(O)CN4CCOCC4)ccc3c2)cc1. The van der Waals surface area contributed by atoms with E-state index >= 15 is 0 Å². The average Bonchev–Trinajstić information content (AvgIpc) is 2.77. The molecule has 0 aliphatic carbocycles. The van der Waals surface area contributed by atoms with Crippen LogP contribution < -0.4 is 4.74 Å². The van der Waals surface area contributed by atoms with E-state index in [4.69, 9.17) is 9.47 Å².